The molecule has 0 unspecified atom stereocenters. The predicted octanol–water partition coefficient (Wildman–Crippen LogP) is 4.65. The van der Waals surface area contributed by atoms with Crippen molar-refractivity contribution in [1.29, 1.82) is 0 Å². The molecule has 6 heteroatoms. The Bertz CT molecular complexity index is 882. The molecule has 4 rings (SSSR count). The first-order valence-electron chi connectivity index (χ1n) is 10.1. The fourth-order valence-electron chi connectivity index (χ4n) is 4.35. The largest absolute Gasteiger partial charge is 0.496 e. The summed E-state index contributed by atoms with van der Waals surface area (Å²) in [5, 5.41) is 0. The number of methoxy groups -OCH3 is 1. The van der Waals surface area contributed by atoms with Gasteiger partial charge in [0.1, 0.15) is 17.2 Å². The number of fused-ring (bicyclic) bond motifs is 1. The number of amides is 1. The number of likely N-dealkylation sites (tertiary alicyclic amines) is 1. The van der Waals surface area contributed by atoms with Crippen molar-refractivity contribution in [3.63, 3.8) is 0 Å². The number of nitrogens with zero attached hydrogens (tertiary/aromatic N) is 2. The summed E-state index contributed by atoms with van der Waals surface area (Å²) >= 11 is 0. The normalized spacial score (nSPS) is 19.0. The van der Waals surface area contributed by atoms with Crippen molar-refractivity contribution >= 4 is 6.09 Å². The number of carbonyl (C=O) groups excluding carboxylic acids is 1. The molecule has 6 nitrogen and oxygen atoms in total. The van der Waals surface area contributed by atoms with Gasteiger partial charge in [0.25, 0.3) is 0 Å². The molecular weight excluding hydrogens is 354 g/mol. The highest BCUT2D eigenvalue weighted by molar-refractivity contribution is 5.70. The van der Waals surface area contributed by atoms with E-state index in [0.717, 1.165) is 49.4 Å². The van der Waals surface area contributed by atoms with Crippen LogP contribution in [0, 0.1) is 0 Å². The number of hydrogen-bond donors (Lipinski definition) is 1. The second-order valence-corrected chi connectivity index (χ2v) is 8.64. The summed E-state index contributed by atoms with van der Waals surface area (Å²) in [6, 6.07) is 4.10. The Hall–Kier alpha value is -2.50. The number of H-pyrrole nitrogens is 1. The topological polar surface area (TPSA) is 67.4 Å². The summed E-state index contributed by atoms with van der Waals surface area (Å²) in [6.07, 6.45) is 6.75. The number of benzene rings is 1. The van der Waals surface area contributed by atoms with Crippen LogP contribution in [-0.4, -0.2) is 40.2 Å². The van der Waals surface area contributed by atoms with E-state index in [9.17, 15) is 4.79 Å². The number of rotatable bonds is 3. The lowest BCUT2D eigenvalue weighted by atomic mass is 10.0. The van der Waals surface area contributed by atoms with Gasteiger partial charge < -0.3 is 14.5 Å². The van der Waals surface area contributed by atoms with E-state index in [-0.39, 0.29) is 12.1 Å². The van der Waals surface area contributed by atoms with E-state index >= 15 is 0 Å². The van der Waals surface area contributed by atoms with E-state index in [1.807, 2.05) is 33.0 Å². The van der Waals surface area contributed by atoms with Crippen LogP contribution < -0.4 is 4.74 Å². The minimum Gasteiger partial charge on any atom is -0.496 e. The Balaban J connectivity index is 1.60. The predicted molar refractivity (Wildman–Crippen MR) is 108 cm³/mol. The maximum absolute atomic E-state index is 12.6. The zero-order chi connectivity index (χ0) is 19.9. The van der Waals surface area contributed by atoms with Crippen molar-refractivity contribution < 1.29 is 14.3 Å². The molecule has 1 aromatic carbocycles. The minimum atomic E-state index is -0.498. The quantitative estimate of drug-likeness (QED) is 0.838. The second kappa shape index (κ2) is 7.15. The molecule has 0 saturated carbocycles. The van der Waals surface area contributed by atoms with Gasteiger partial charge in [-0.05, 0) is 76.1 Å². The molecule has 2 aromatic rings. The molecule has 150 valence electrons. The van der Waals surface area contributed by atoms with Crippen molar-refractivity contribution in [2.75, 3.05) is 13.7 Å². The zero-order valence-corrected chi connectivity index (χ0v) is 17.2. The maximum Gasteiger partial charge on any atom is 0.410 e. The van der Waals surface area contributed by atoms with Crippen LogP contribution in [-0.2, 0) is 17.6 Å². The van der Waals surface area contributed by atoms with Gasteiger partial charge in [-0.2, -0.15) is 0 Å². The maximum atomic E-state index is 12.6. The van der Waals surface area contributed by atoms with Gasteiger partial charge >= 0.3 is 6.09 Å². The molecule has 28 heavy (non-hydrogen) atoms. The van der Waals surface area contributed by atoms with Crippen molar-refractivity contribution in [2.45, 2.75) is 64.5 Å². The van der Waals surface area contributed by atoms with Crippen LogP contribution in [0.4, 0.5) is 4.79 Å². The molecule has 1 aromatic heterocycles. The minimum absolute atomic E-state index is 0.0603. The number of aromatic amines is 1. The lowest BCUT2D eigenvalue weighted by molar-refractivity contribution is 0.0218. The third-order valence-corrected chi connectivity index (χ3v) is 5.54. The van der Waals surface area contributed by atoms with Gasteiger partial charge in [-0.25, -0.2) is 9.78 Å². The standard InChI is InChI=1S/C22H29N3O3/c1-22(2,3)28-21(26)25-12-6-9-18(25)20-23-13-17(24-20)15-10-11-19(27-4)16-8-5-7-14(15)16/h10-11,13,18H,5-9,12H2,1-4H3,(H,23,24)/t18-/m0/s1. The number of nitrogens with one attached hydrogen (secondary N) is 1. The molecule has 0 bridgehead atoms. The van der Waals surface area contributed by atoms with Crippen LogP contribution in [0.3, 0.4) is 0 Å². The van der Waals surface area contributed by atoms with Crippen molar-refractivity contribution in [3.8, 4) is 17.0 Å². The van der Waals surface area contributed by atoms with Gasteiger partial charge in [0.2, 0.25) is 0 Å². The van der Waals surface area contributed by atoms with E-state index in [2.05, 4.69) is 16.0 Å². The van der Waals surface area contributed by atoms with E-state index in [1.165, 1.54) is 16.7 Å². The van der Waals surface area contributed by atoms with Gasteiger partial charge in [-0.15, -0.1) is 0 Å². The van der Waals surface area contributed by atoms with Crippen molar-refractivity contribution in [2.24, 2.45) is 0 Å². The lowest BCUT2D eigenvalue weighted by Crippen LogP contribution is -2.36. The number of ether oxygens (including phenoxy) is 2. The molecule has 1 amide bonds. The Kier molecular flexibility index (Phi) is 4.81. The first kappa shape index (κ1) is 18.8. The Labute approximate surface area is 166 Å². The molecule has 2 aliphatic rings. The average Bonchev–Trinajstić information content (AvgIpc) is 3.37. The number of imidazole rings is 1. The van der Waals surface area contributed by atoms with E-state index < -0.39 is 5.60 Å². The Morgan fingerprint density at radius 3 is 2.75 bits per heavy atom. The van der Waals surface area contributed by atoms with Crippen LogP contribution in [0.5, 0.6) is 5.75 Å². The third-order valence-electron chi connectivity index (χ3n) is 5.54. The summed E-state index contributed by atoms with van der Waals surface area (Å²) < 4.78 is 11.1. The summed E-state index contributed by atoms with van der Waals surface area (Å²) in [7, 11) is 1.73. The molecule has 0 radical (unpaired) electrons. The van der Waals surface area contributed by atoms with Crippen molar-refractivity contribution in [1.82, 2.24) is 14.9 Å². The number of carbonyl (C=O) groups is 1. The summed E-state index contributed by atoms with van der Waals surface area (Å²) in [5.74, 6) is 1.81. The van der Waals surface area contributed by atoms with Gasteiger partial charge in [-0.3, -0.25) is 4.90 Å². The van der Waals surface area contributed by atoms with Gasteiger partial charge in [0.15, 0.2) is 0 Å². The second-order valence-electron chi connectivity index (χ2n) is 8.64. The fourth-order valence-corrected chi connectivity index (χ4v) is 4.35. The number of hydrogen-bond acceptors (Lipinski definition) is 4. The van der Waals surface area contributed by atoms with E-state index in [1.54, 1.807) is 12.0 Å². The highest BCUT2D eigenvalue weighted by Crippen LogP contribution is 2.38. The lowest BCUT2D eigenvalue weighted by Gasteiger charge is -2.27. The molecule has 1 N–H and O–H groups in total. The summed E-state index contributed by atoms with van der Waals surface area (Å²) in [6.45, 7) is 6.38. The molecule has 1 aliphatic heterocycles. The average molecular weight is 383 g/mol. The molecule has 1 fully saturated rings. The molecule has 0 spiro atoms. The summed E-state index contributed by atoms with van der Waals surface area (Å²) in [4.78, 5) is 22.5. The first-order chi connectivity index (χ1) is 13.4. The highest BCUT2D eigenvalue weighted by atomic mass is 16.6. The number of aromatic nitrogens is 2. The molecular formula is C22H29N3O3. The monoisotopic (exact) mass is 383 g/mol. The molecule has 1 aliphatic carbocycles. The zero-order valence-electron chi connectivity index (χ0n) is 17.2. The molecule has 2 heterocycles. The SMILES string of the molecule is COc1ccc(-c2cnc([C@@H]3CCCN3C(=O)OC(C)(C)C)[nH]2)c2c1CCC2. The van der Waals surface area contributed by atoms with Gasteiger partial charge in [0.05, 0.1) is 25.0 Å². The van der Waals surface area contributed by atoms with Crippen LogP contribution in [0.15, 0.2) is 18.3 Å². The van der Waals surface area contributed by atoms with Gasteiger partial charge in [-0.1, -0.05) is 0 Å². The summed E-state index contributed by atoms with van der Waals surface area (Å²) in [5.41, 5.74) is 4.36. The smallest absolute Gasteiger partial charge is 0.410 e. The van der Waals surface area contributed by atoms with E-state index in [0.29, 0.717) is 6.54 Å². The van der Waals surface area contributed by atoms with Crippen molar-refractivity contribution in [3.05, 3.63) is 35.3 Å². The first-order valence-corrected chi connectivity index (χ1v) is 10.1. The molecule has 1 saturated heterocycles. The molecule has 1 atom stereocenters. The van der Waals surface area contributed by atoms with Crippen LogP contribution in [0.2, 0.25) is 0 Å². The van der Waals surface area contributed by atoms with Crippen LogP contribution in [0.1, 0.15) is 63.0 Å². The van der Waals surface area contributed by atoms with Crippen LogP contribution in [0.25, 0.3) is 11.3 Å². The Morgan fingerprint density at radius 1 is 1.21 bits per heavy atom. The Morgan fingerprint density at radius 2 is 2.00 bits per heavy atom. The fraction of sp³-hybridized carbons (Fsp3) is 0.545. The van der Waals surface area contributed by atoms with Gasteiger partial charge in [0, 0.05) is 12.1 Å². The van der Waals surface area contributed by atoms with E-state index in [4.69, 9.17) is 9.47 Å². The van der Waals surface area contributed by atoms with Crippen LogP contribution >= 0.6 is 0 Å². The highest BCUT2D eigenvalue weighted by Gasteiger charge is 2.35. The third kappa shape index (κ3) is 3.48.